The van der Waals surface area contributed by atoms with E-state index in [0.29, 0.717) is 22.9 Å². The highest BCUT2D eigenvalue weighted by Gasteiger charge is 2.22. The molecule has 4 heteroatoms. The molecule has 0 aliphatic carbocycles. The molecule has 0 spiro atoms. The largest absolute Gasteiger partial charge is 0.376 e. The van der Waals surface area contributed by atoms with E-state index in [1.807, 2.05) is 6.07 Å². The number of amides is 1. The van der Waals surface area contributed by atoms with E-state index in [2.05, 4.69) is 0 Å². The number of halogens is 1. The third-order valence-electron chi connectivity index (χ3n) is 3.95. The van der Waals surface area contributed by atoms with Crippen molar-refractivity contribution in [1.29, 1.82) is 0 Å². The number of ether oxygens (including phenoxy) is 1. The van der Waals surface area contributed by atoms with Gasteiger partial charge < -0.3 is 9.64 Å². The minimum atomic E-state index is -0.302. The predicted octanol–water partition coefficient (Wildman–Crippen LogP) is 3.23. The lowest BCUT2D eigenvalue weighted by molar-refractivity contribution is 0.0588. The molecule has 1 amide bonds. The fourth-order valence-electron chi connectivity index (χ4n) is 2.83. The van der Waals surface area contributed by atoms with E-state index in [4.69, 9.17) is 4.74 Å². The molecule has 3 rings (SSSR count). The minimum Gasteiger partial charge on any atom is -0.376 e. The molecule has 2 aromatic carbocycles. The van der Waals surface area contributed by atoms with Gasteiger partial charge in [0.25, 0.3) is 5.91 Å². The predicted molar refractivity (Wildman–Crippen MR) is 79.8 cm³/mol. The first-order valence-electron chi connectivity index (χ1n) is 7.21. The second-order valence-corrected chi connectivity index (χ2v) is 5.46. The lowest BCUT2D eigenvalue weighted by Gasteiger charge is -2.21. The average Bonchev–Trinajstić information content (AvgIpc) is 3.00. The first kappa shape index (κ1) is 14.0. The summed E-state index contributed by atoms with van der Waals surface area (Å²) >= 11 is 0. The van der Waals surface area contributed by atoms with Crippen molar-refractivity contribution in [2.75, 3.05) is 20.2 Å². The van der Waals surface area contributed by atoms with Crippen molar-refractivity contribution in [2.45, 2.75) is 18.9 Å². The van der Waals surface area contributed by atoms with Gasteiger partial charge in [-0.2, -0.15) is 0 Å². The van der Waals surface area contributed by atoms with Crippen LogP contribution >= 0.6 is 0 Å². The molecule has 21 heavy (non-hydrogen) atoms. The summed E-state index contributed by atoms with van der Waals surface area (Å²) in [5.74, 6) is -0.398. The van der Waals surface area contributed by atoms with Crippen molar-refractivity contribution in [3.05, 3.63) is 47.8 Å². The van der Waals surface area contributed by atoms with Crippen molar-refractivity contribution < 1.29 is 13.9 Å². The molecule has 0 N–H and O–H groups in total. The number of carbonyl (C=O) groups is 1. The topological polar surface area (TPSA) is 29.5 Å². The molecule has 1 atom stereocenters. The standard InChI is InChI=1S/C17H18FNO2/c1-19(11-12-5-4-10-21-12)17(20)15-8-9-16(18)14-7-3-2-6-13(14)15/h2-3,6-9,12H,4-5,10-11H2,1H3. The van der Waals surface area contributed by atoms with E-state index in [0.717, 1.165) is 19.4 Å². The first-order valence-corrected chi connectivity index (χ1v) is 7.21. The number of hydrogen-bond acceptors (Lipinski definition) is 2. The zero-order valence-electron chi connectivity index (χ0n) is 12.0. The molecule has 1 heterocycles. The Bertz CT molecular complexity index is 665. The van der Waals surface area contributed by atoms with Crippen LogP contribution in [0.3, 0.4) is 0 Å². The summed E-state index contributed by atoms with van der Waals surface area (Å²) in [5, 5.41) is 1.13. The molecule has 1 aliphatic heterocycles. The van der Waals surface area contributed by atoms with E-state index >= 15 is 0 Å². The smallest absolute Gasteiger partial charge is 0.254 e. The van der Waals surface area contributed by atoms with E-state index in [1.54, 1.807) is 36.2 Å². The van der Waals surface area contributed by atoms with E-state index in [9.17, 15) is 9.18 Å². The zero-order chi connectivity index (χ0) is 14.8. The monoisotopic (exact) mass is 287 g/mol. The van der Waals surface area contributed by atoms with Crippen molar-refractivity contribution in [1.82, 2.24) is 4.90 Å². The Morgan fingerprint density at radius 1 is 1.29 bits per heavy atom. The highest BCUT2D eigenvalue weighted by molar-refractivity contribution is 6.07. The second-order valence-electron chi connectivity index (χ2n) is 5.46. The third-order valence-corrected chi connectivity index (χ3v) is 3.95. The van der Waals surface area contributed by atoms with Gasteiger partial charge in [0.15, 0.2) is 0 Å². The number of carbonyl (C=O) groups excluding carboxylic acids is 1. The maximum atomic E-state index is 13.8. The van der Waals surface area contributed by atoms with Crippen molar-refractivity contribution in [3.63, 3.8) is 0 Å². The Balaban J connectivity index is 1.88. The Hall–Kier alpha value is -1.94. The molecule has 1 saturated heterocycles. The lowest BCUT2D eigenvalue weighted by Crippen LogP contribution is -2.34. The molecule has 0 aromatic heterocycles. The Morgan fingerprint density at radius 2 is 2.05 bits per heavy atom. The summed E-state index contributed by atoms with van der Waals surface area (Å²) in [6.45, 7) is 1.34. The molecule has 1 aliphatic rings. The lowest BCUT2D eigenvalue weighted by atomic mass is 10.0. The van der Waals surface area contributed by atoms with Gasteiger partial charge in [-0.3, -0.25) is 4.79 Å². The van der Waals surface area contributed by atoms with Crippen LogP contribution in [0.5, 0.6) is 0 Å². The van der Waals surface area contributed by atoms with Crippen LogP contribution in [-0.2, 0) is 4.74 Å². The molecule has 2 aromatic rings. The van der Waals surface area contributed by atoms with Crippen molar-refractivity contribution in [3.8, 4) is 0 Å². The maximum absolute atomic E-state index is 13.8. The minimum absolute atomic E-state index is 0.0956. The zero-order valence-corrected chi connectivity index (χ0v) is 12.0. The molecular weight excluding hydrogens is 269 g/mol. The molecule has 0 saturated carbocycles. The van der Waals surface area contributed by atoms with E-state index in [1.165, 1.54) is 6.07 Å². The van der Waals surface area contributed by atoms with Gasteiger partial charge in [-0.05, 0) is 30.4 Å². The summed E-state index contributed by atoms with van der Waals surface area (Å²) < 4.78 is 19.4. The van der Waals surface area contributed by atoms with Crippen LogP contribution in [0, 0.1) is 5.82 Å². The molecule has 110 valence electrons. The molecule has 0 bridgehead atoms. The van der Waals surface area contributed by atoms with Crippen molar-refractivity contribution >= 4 is 16.7 Å². The number of nitrogens with zero attached hydrogens (tertiary/aromatic N) is 1. The summed E-state index contributed by atoms with van der Waals surface area (Å²) in [6, 6.07) is 9.99. The van der Waals surface area contributed by atoms with Gasteiger partial charge in [-0.1, -0.05) is 24.3 Å². The van der Waals surface area contributed by atoms with Crippen LogP contribution < -0.4 is 0 Å². The van der Waals surface area contributed by atoms with Crippen LogP contribution in [0.4, 0.5) is 4.39 Å². The summed E-state index contributed by atoms with van der Waals surface area (Å²) in [7, 11) is 1.77. The van der Waals surface area contributed by atoms with Gasteiger partial charge in [0.2, 0.25) is 0 Å². The Kier molecular flexibility index (Phi) is 3.88. The van der Waals surface area contributed by atoms with Crippen molar-refractivity contribution in [2.24, 2.45) is 0 Å². The van der Waals surface area contributed by atoms with Gasteiger partial charge in [0.05, 0.1) is 6.10 Å². The number of benzene rings is 2. The SMILES string of the molecule is CN(CC1CCCO1)C(=O)c1ccc(F)c2ccccc12. The van der Waals surface area contributed by atoms with Gasteiger partial charge in [0, 0.05) is 31.1 Å². The van der Waals surface area contributed by atoms with Crippen LogP contribution in [0.1, 0.15) is 23.2 Å². The quantitative estimate of drug-likeness (QED) is 0.867. The normalized spacial score (nSPS) is 18.1. The molecule has 0 radical (unpaired) electrons. The Labute approximate surface area is 123 Å². The fraction of sp³-hybridized carbons (Fsp3) is 0.353. The Morgan fingerprint density at radius 3 is 2.76 bits per heavy atom. The highest BCUT2D eigenvalue weighted by atomic mass is 19.1. The molecule has 1 fully saturated rings. The fourth-order valence-corrected chi connectivity index (χ4v) is 2.83. The molecule has 1 unspecified atom stereocenters. The summed E-state index contributed by atoms with van der Waals surface area (Å²) in [5.41, 5.74) is 0.535. The van der Waals surface area contributed by atoms with Crippen LogP contribution in [0.2, 0.25) is 0 Å². The number of rotatable bonds is 3. The van der Waals surface area contributed by atoms with Gasteiger partial charge >= 0.3 is 0 Å². The maximum Gasteiger partial charge on any atom is 0.254 e. The third kappa shape index (κ3) is 2.76. The van der Waals surface area contributed by atoms with Crippen LogP contribution in [0.25, 0.3) is 10.8 Å². The average molecular weight is 287 g/mol. The van der Waals surface area contributed by atoms with Gasteiger partial charge in [-0.25, -0.2) is 4.39 Å². The number of likely N-dealkylation sites (N-methyl/N-ethyl adjacent to an activating group) is 1. The summed E-state index contributed by atoms with van der Waals surface area (Å²) in [4.78, 5) is 14.3. The first-order chi connectivity index (χ1) is 10.2. The van der Waals surface area contributed by atoms with E-state index < -0.39 is 0 Å². The van der Waals surface area contributed by atoms with Crippen LogP contribution in [-0.4, -0.2) is 37.1 Å². The molecule has 3 nitrogen and oxygen atoms in total. The summed E-state index contributed by atoms with van der Waals surface area (Å²) in [6.07, 6.45) is 2.15. The van der Waals surface area contributed by atoms with Gasteiger partial charge in [-0.15, -0.1) is 0 Å². The number of hydrogen-bond donors (Lipinski definition) is 0. The van der Waals surface area contributed by atoms with E-state index in [-0.39, 0.29) is 17.8 Å². The molecular formula is C17H18FNO2. The van der Waals surface area contributed by atoms with Gasteiger partial charge in [0.1, 0.15) is 5.82 Å². The highest BCUT2D eigenvalue weighted by Crippen LogP contribution is 2.23. The number of fused-ring (bicyclic) bond motifs is 1. The second kappa shape index (κ2) is 5.82. The van der Waals surface area contributed by atoms with Crippen LogP contribution in [0.15, 0.2) is 36.4 Å².